The van der Waals surface area contributed by atoms with Gasteiger partial charge in [0.2, 0.25) is 5.91 Å². The molecule has 2 fully saturated rings. The number of amides is 1. The number of carbonyl (C=O) groups excluding carboxylic acids is 1. The van der Waals surface area contributed by atoms with E-state index in [1.165, 1.54) is 31.2 Å². The summed E-state index contributed by atoms with van der Waals surface area (Å²) >= 11 is 0. The van der Waals surface area contributed by atoms with E-state index in [9.17, 15) is 4.79 Å². The summed E-state index contributed by atoms with van der Waals surface area (Å²) in [6.07, 6.45) is 5.93. The molecule has 3 nitrogen and oxygen atoms in total. The smallest absolute Gasteiger partial charge is 0.223 e. The van der Waals surface area contributed by atoms with E-state index >= 15 is 0 Å². The lowest BCUT2D eigenvalue weighted by Gasteiger charge is -2.40. The van der Waals surface area contributed by atoms with E-state index in [-0.39, 0.29) is 0 Å². The average Bonchev–Trinajstić information content (AvgIpc) is 3.01. The Balaban J connectivity index is 1.50. The molecule has 22 heavy (non-hydrogen) atoms. The van der Waals surface area contributed by atoms with E-state index in [1.807, 2.05) is 0 Å². The minimum absolute atomic E-state index is 0.339. The van der Waals surface area contributed by atoms with Gasteiger partial charge in [0.05, 0.1) is 0 Å². The second-order valence-corrected chi connectivity index (χ2v) is 7.01. The van der Waals surface area contributed by atoms with Crippen molar-refractivity contribution in [2.75, 3.05) is 19.6 Å². The Morgan fingerprint density at radius 1 is 1.14 bits per heavy atom. The van der Waals surface area contributed by atoms with Crippen molar-refractivity contribution < 1.29 is 4.79 Å². The van der Waals surface area contributed by atoms with Crippen LogP contribution < -0.4 is 0 Å². The van der Waals surface area contributed by atoms with Gasteiger partial charge in [0.25, 0.3) is 0 Å². The minimum Gasteiger partial charge on any atom is -0.337 e. The summed E-state index contributed by atoms with van der Waals surface area (Å²) in [6.45, 7) is 6.07. The van der Waals surface area contributed by atoms with Crippen molar-refractivity contribution in [3.8, 4) is 0 Å². The number of hydrogen-bond acceptors (Lipinski definition) is 2. The van der Waals surface area contributed by atoms with Crippen LogP contribution >= 0.6 is 0 Å². The Hall–Kier alpha value is -1.35. The van der Waals surface area contributed by atoms with E-state index in [0.29, 0.717) is 17.9 Å². The van der Waals surface area contributed by atoms with Gasteiger partial charge in [-0.2, -0.15) is 0 Å². The van der Waals surface area contributed by atoms with Crippen LogP contribution in [0.25, 0.3) is 0 Å². The molecule has 1 aromatic rings. The van der Waals surface area contributed by atoms with Gasteiger partial charge in [-0.25, -0.2) is 0 Å². The summed E-state index contributed by atoms with van der Waals surface area (Å²) in [7, 11) is 0. The molecule has 0 radical (unpaired) electrons. The summed E-state index contributed by atoms with van der Waals surface area (Å²) in [6, 6.07) is 11.0. The Labute approximate surface area is 134 Å². The van der Waals surface area contributed by atoms with Gasteiger partial charge < -0.3 is 4.90 Å². The lowest BCUT2D eigenvalue weighted by molar-refractivity contribution is -0.136. The fourth-order valence-electron chi connectivity index (χ4n) is 3.97. The highest BCUT2D eigenvalue weighted by Gasteiger charge is 2.29. The van der Waals surface area contributed by atoms with Crippen molar-refractivity contribution in [1.29, 1.82) is 0 Å². The molecule has 0 aromatic heterocycles. The first-order valence-electron chi connectivity index (χ1n) is 8.78. The van der Waals surface area contributed by atoms with Crippen LogP contribution in [0.1, 0.15) is 44.6 Å². The zero-order valence-electron chi connectivity index (χ0n) is 13.7. The van der Waals surface area contributed by atoms with Gasteiger partial charge in [0.1, 0.15) is 0 Å². The first-order valence-corrected chi connectivity index (χ1v) is 8.78. The van der Waals surface area contributed by atoms with Crippen LogP contribution in [0.4, 0.5) is 0 Å². The lowest BCUT2D eigenvalue weighted by atomic mass is 10.0. The second kappa shape index (κ2) is 7.28. The Morgan fingerprint density at radius 3 is 2.55 bits per heavy atom. The molecule has 1 saturated carbocycles. The van der Waals surface area contributed by atoms with Crippen LogP contribution in [-0.2, 0) is 11.3 Å². The van der Waals surface area contributed by atoms with Crippen LogP contribution in [-0.4, -0.2) is 41.4 Å². The van der Waals surface area contributed by atoms with Crippen LogP contribution in [0.2, 0.25) is 0 Å². The zero-order chi connectivity index (χ0) is 15.4. The molecule has 1 saturated heterocycles. The van der Waals surface area contributed by atoms with Gasteiger partial charge in [0.15, 0.2) is 0 Å². The van der Waals surface area contributed by atoms with E-state index < -0.39 is 0 Å². The first-order chi connectivity index (χ1) is 10.7. The largest absolute Gasteiger partial charge is 0.337 e. The number of rotatable bonds is 4. The molecule has 3 heteroatoms. The normalized spacial score (nSPS) is 23.9. The summed E-state index contributed by atoms with van der Waals surface area (Å²) in [5.41, 5.74) is 1.36. The molecule has 1 aliphatic carbocycles. The maximum atomic E-state index is 12.5. The number of piperazine rings is 1. The summed E-state index contributed by atoms with van der Waals surface area (Å²) in [5, 5.41) is 0. The molecule has 2 aliphatic rings. The maximum Gasteiger partial charge on any atom is 0.223 e. The lowest BCUT2D eigenvalue weighted by Crippen LogP contribution is -2.53. The predicted octanol–water partition coefficient (Wildman–Crippen LogP) is 3.30. The molecular formula is C19H28N2O. The standard InChI is InChI=1S/C19H28N2O/c1-16-14-20(15-18-9-3-2-4-10-18)11-12-21(16)19(22)13-17-7-5-6-8-17/h2-4,9-10,16-17H,5-8,11-15H2,1H3/t16-/m1/s1. The highest BCUT2D eigenvalue weighted by atomic mass is 16.2. The first kappa shape index (κ1) is 15.5. The predicted molar refractivity (Wildman–Crippen MR) is 89.5 cm³/mol. The monoisotopic (exact) mass is 300 g/mol. The van der Waals surface area contributed by atoms with Crippen molar-refractivity contribution in [3.05, 3.63) is 35.9 Å². The molecule has 0 bridgehead atoms. The zero-order valence-corrected chi connectivity index (χ0v) is 13.7. The fraction of sp³-hybridized carbons (Fsp3) is 0.632. The molecule has 120 valence electrons. The summed E-state index contributed by atoms with van der Waals surface area (Å²) in [5.74, 6) is 1.04. The quantitative estimate of drug-likeness (QED) is 0.852. The number of nitrogens with zero attached hydrogens (tertiary/aromatic N) is 2. The molecule has 1 heterocycles. The van der Waals surface area contributed by atoms with Crippen LogP contribution in [0.3, 0.4) is 0 Å². The summed E-state index contributed by atoms with van der Waals surface area (Å²) < 4.78 is 0. The van der Waals surface area contributed by atoms with Gasteiger partial charge >= 0.3 is 0 Å². The molecule has 0 unspecified atom stereocenters. The maximum absolute atomic E-state index is 12.5. The Morgan fingerprint density at radius 2 is 1.86 bits per heavy atom. The van der Waals surface area contributed by atoms with Gasteiger partial charge in [-0.3, -0.25) is 9.69 Å². The van der Waals surface area contributed by atoms with E-state index in [2.05, 4.69) is 47.1 Å². The number of hydrogen-bond donors (Lipinski definition) is 0. The van der Waals surface area contributed by atoms with Crippen molar-refractivity contribution in [2.24, 2.45) is 5.92 Å². The highest BCUT2D eigenvalue weighted by Crippen LogP contribution is 2.28. The van der Waals surface area contributed by atoms with E-state index in [4.69, 9.17) is 0 Å². The Kier molecular flexibility index (Phi) is 5.14. The number of benzene rings is 1. The molecule has 0 spiro atoms. The molecular weight excluding hydrogens is 272 g/mol. The van der Waals surface area contributed by atoms with Crippen LogP contribution in [0.5, 0.6) is 0 Å². The van der Waals surface area contributed by atoms with Crippen molar-refractivity contribution in [1.82, 2.24) is 9.80 Å². The van der Waals surface area contributed by atoms with Gasteiger partial charge in [-0.15, -0.1) is 0 Å². The molecule has 3 rings (SSSR count). The second-order valence-electron chi connectivity index (χ2n) is 7.01. The Bertz CT molecular complexity index is 481. The van der Waals surface area contributed by atoms with Gasteiger partial charge in [0, 0.05) is 38.6 Å². The molecule has 1 amide bonds. The van der Waals surface area contributed by atoms with Crippen molar-refractivity contribution in [2.45, 2.75) is 51.6 Å². The molecule has 1 atom stereocenters. The third-order valence-corrected chi connectivity index (χ3v) is 5.22. The van der Waals surface area contributed by atoms with Gasteiger partial charge in [-0.05, 0) is 31.2 Å². The SMILES string of the molecule is C[C@@H]1CN(Cc2ccccc2)CCN1C(=O)CC1CCCC1. The van der Waals surface area contributed by atoms with Crippen LogP contribution in [0, 0.1) is 5.92 Å². The van der Waals surface area contributed by atoms with E-state index in [1.54, 1.807) is 0 Å². The van der Waals surface area contributed by atoms with Crippen molar-refractivity contribution >= 4 is 5.91 Å². The molecule has 1 aromatic carbocycles. The van der Waals surface area contributed by atoms with Crippen molar-refractivity contribution in [3.63, 3.8) is 0 Å². The fourth-order valence-corrected chi connectivity index (χ4v) is 3.97. The van der Waals surface area contributed by atoms with Crippen LogP contribution in [0.15, 0.2) is 30.3 Å². The van der Waals surface area contributed by atoms with Gasteiger partial charge in [-0.1, -0.05) is 43.2 Å². The third-order valence-electron chi connectivity index (χ3n) is 5.22. The number of carbonyl (C=O) groups is 1. The summed E-state index contributed by atoms with van der Waals surface area (Å²) in [4.78, 5) is 17.1. The molecule has 0 N–H and O–H groups in total. The third kappa shape index (κ3) is 3.89. The highest BCUT2D eigenvalue weighted by molar-refractivity contribution is 5.77. The minimum atomic E-state index is 0.339. The topological polar surface area (TPSA) is 23.6 Å². The average molecular weight is 300 g/mol. The molecule has 1 aliphatic heterocycles. The van der Waals surface area contributed by atoms with E-state index in [0.717, 1.165) is 32.6 Å².